The van der Waals surface area contributed by atoms with Crippen LogP contribution < -0.4 is 5.32 Å². The van der Waals surface area contributed by atoms with Crippen LogP contribution in [-0.4, -0.2) is 15.7 Å². The third-order valence-corrected chi connectivity index (χ3v) is 4.73. The Morgan fingerprint density at radius 1 is 1.00 bits per heavy atom. The van der Waals surface area contributed by atoms with Crippen LogP contribution in [0.4, 0.5) is 0 Å². The second-order valence-electron chi connectivity index (χ2n) is 6.34. The fourth-order valence-electron chi connectivity index (χ4n) is 2.98. The molecule has 4 rings (SSSR count). The van der Waals surface area contributed by atoms with Gasteiger partial charge in [-0.25, -0.2) is 0 Å². The summed E-state index contributed by atoms with van der Waals surface area (Å²) in [5.41, 5.74) is 3.98. The first-order valence-corrected chi connectivity index (χ1v) is 9.67. The first kappa shape index (κ1) is 18.3. The van der Waals surface area contributed by atoms with Gasteiger partial charge in [0, 0.05) is 23.9 Å². The maximum atomic E-state index is 12.3. The van der Waals surface area contributed by atoms with E-state index in [4.69, 9.17) is 9.52 Å². The summed E-state index contributed by atoms with van der Waals surface area (Å²) in [6.07, 6.45) is 1.98. The van der Waals surface area contributed by atoms with Crippen molar-refractivity contribution in [3.8, 4) is 11.3 Å². The van der Waals surface area contributed by atoms with Gasteiger partial charge in [0.15, 0.2) is 10.4 Å². The first-order chi connectivity index (χ1) is 13.7. The molecule has 5 nitrogen and oxygen atoms in total. The summed E-state index contributed by atoms with van der Waals surface area (Å²) in [7, 11) is 0. The predicted octanol–water partition coefficient (Wildman–Crippen LogP) is 4.88. The Balaban J connectivity index is 1.58. The lowest BCUT2D eigenvalue weighted by molar-refractivity contribution is 0.0922. The minimum atomic E-state index is -0.263. The van der Waals surface area contributed by atoms with Crippen molar-refractivity contribution in [2.24, 2.45) is 0 Å². The predicted molar refractivity (Wildman–Crippen MR) is 111 cm³/mol. The average molecular weight is 436 g/mol. The molecule has 2 aromatic carbocycles. The second-order valence-corrected chi connectivity index (χ2v) is 7.12. The lowest BCUT2D eigenvalue weighted by Crippen LogP contribution is -2.22. The Labute approximate surface area is 171 Å². The zero-order chi connectivity index (χ0) is 19.3. The molecule has 140 valence electrons. The highest BCUT2D eigenvalue weighted by atomic mass is 79.9. The molecule has 2 heterocycles. The van der Waals surface area contributed by atoms with Gasteiger partial charge in [0.1, 0.15) is 0 Å². The van der Waals surface area contributed by atoms with Crippen LogP contribution in [-0.2, 0) is 13.1 Å². The molecule has 2 aromatic heterocycles. The third kappa shape index (κ3) is 4.23. The number of amides is 1. The zero-order valence-electron chi connectivity index (χ0n) is 15.0. The Bertz CT molecular complexity index is 1070. The summed E-state index contributed by atoms with van der Waals surface area (Å²) in [5, 5.41) is 7.67. The average Bonchev–Trinajstić information content (AvgIpc) is 3.34. The van der Waals surface area contributed by atoms with Gasteiger partial charge in [0.05, 0.1) is 12.2 Å². The number of furan rings is 1. The highest BCUT2D eigenvalue weighted by molar-refractivity contribution is 9.10. The van der Waals surface area contributed by atoms with E-state index in [1.54, 1.807) is 12.1 Å². The van der Waals surface area contributed by atoms with Gasteiger partial charge in [-0.1, -0.05) is 60.7 Å². The largest absolute Gasteiger partial charge is 0.444 e. The normalized spacial score (nSPS) is 10.8. The van der Waals surface area contributed by atoms with E-state index in [0.717, 1.165) is 16.8 Å². The molecular formula is C22H18BrN3O2. The van der Waals surface area contributed by atoms with Crippen molar-refractivity contribution in [1.29, 1.82) is 0 Å². The molecule has 0 unspecified atom stereocenters. The van der Waals surface area contributed by atoms with Crippen LogP contribution in [0.15, 0.2) is 88.1 Å². The maximum Gasteiger partial charge on any atom is 0.287 e. The Morgan fingerprint density at radius 3 is 2.39 bits per heavy atom. The number of carbonyl (C=O) groups is 1. The molecule has 6 heteroatoms. The fourth-order valence-corrected chi connectivity index (χ4v) is 3.29. The highest BCUT2D eigenvalue weighted by Gasteiger charge is 2.15. The van der Waals surface area contributed by atoms with Crippen LogP contribution in [0.5, 0.6) is 0 Å². The molecule has 0 radical (unpaired) electrons. The van der Waals surface area contributed by atoms with E-state index in [2.05, 4.69) is 33.4 Å². The summed E-state index contributed by atoms with van der Waals surface area (Å²) >= 11 is 3.21. The summed E-state index contributed by atoms with van der Waals surface area (Å²) in [6, 6.07) is 23.5. The van der Waals surface area contributed by atoms with E-state index < -0.39 is 0 Å². The standard InChI is InChI=1S/C22H18BrN3O2/c23-20-12-11-19(28-20)22(27)24-13-18-15-26(14-16-7-3-1-4-8-16)25-21(18)17-9-5-2-6-10-17/h1-12,15H,13-14H2,(H,24,27). The van der Waals surface area contributed by atoms with Crippen molar-refractivity contribution < 1.29 is 9.21 Å². The zero-order valence-corrected chi connectivity index (χ0v) is 16.6. The molecule has 0 fully saturated rings. The van der Waals surface area contributed by atoms with Gasteiger partial charge in [-0.15, -0.1) is 0 Å². The van der Waals surface area contributed by atoms with Gasteiger partial charge in [0.25, 0.3) is 5.91 Å². The van der Waals surface area contributed by atoms with Crippen LogP contribution in [0.1, 0.15) is 21.7 Å². The van der Waals surface area contributed by atoms with Crippen molar-refractivity contribution in [1.82, 2.24) is 15.1 Å². The lowest BCUT2D eigenvalue weighted by atomic mass is 10.1. The molecule has 0 aliphatic heterocycles. The number of carbonyl (C=O) groups excluding carboxylic acids is 1. The minimum absolute atomic E-state index is 0.263. The number of hydrogen-bond donors (Lipinski definition) is 1. The van der Waals surface area contributed by atoms with Crippen molar-refractivity contribution >= 4 is 21.8 Å². The molecule has 0 saturated carbocycles. The molecule has 0 spiro atoms. The van der Waals surface area contributed by atoms with Crippen LogP contribution >= 0.6 is 15.9 Å². The fraction of sp³-hybridized carbons (Fsp3) is 0.0909. The van der Waals surface area contributed by atoms with Crippen LogP contribution in [0.2, 0.25) is 0 Å². The van der Waals surface area contributed by atoms with E-state index in [1.165, 1.54) is 5.56 Å². The monoisotopic (exact) mass is 435 g/mol. The molecule has 1 N–H and O–H groups in total. The smallest absolute Gasteiger partial charge is 0.287 e. The molecule has 28 heavy (non-hydrogen) atoms. The number of rotatable bonds is 6. The first-order valence-electron chi connectivity index (χ1n) is 8.88. The topological polar surface area (TPSA) is 60.1 Å². The van der Waals surface area contributed by atoms with Crippen molar-refractivity contribution in [3.05, 3.63) is 101 Å². The van der Waals surface area contributed by atoms with Gasteiger partial charge in [-0.05, 0) is 33.6 Å². The van der Waals surface area contributed by atoms with E-state index in [1.807, 2.05) is 59.4 Å². The summed E-state index contributed by atoms with van der Waals surface area (Å²) in [5.74, 6) is 0.00494. The third-order valence-electron chi connectivity index (χ3n) is 4.31. The highest BCUT2D eigenvalue weighted by Crippen LogP contribution is 2.22. The molecular weight excluding hydrogens is 418 g/mol. The number of hydrogen-bond acceptors (Lipinski definition) is 3. The number of nitrogens with one attached hydrogen (secondary N) is 1. The second kappa shape index (κ2) is 8.27. The SMILES string of the molecule is O=C(NCc1cn(Cc2ccccc2)nc1-c1ccccc1)c1ccc(Br)o1. The molecule has 0 bridgehead atoms. The van der Waals surface area contributed by atoms with Crippen LogP contribution in [0.3, 0.4) is 0 Å². The van der Waals surface area contributed by atoms with Gasteiger partial charge < -0.3 is 9.73 Å². The maximum absolute atomic E-state index is 12.3. The van der Waals surface area contributed by atoms with Gasteiger partial charge in [0.2, 0.25) is 0 Å². The van der Waals surface area contributed by atoms with Gasteiger partial charge in [-0.2, -0.15) is 5.10 Å². The molecule has 0 saturated heterocycles. The lowest BCUT2D eigenvalue weighted by Gasteiger charge is -2.04. The van der Waals surface area contributed by atoms with Gasteiger partial charge in [-0.3, -0.25) is 9.48 Å². The quantitative estimate of drug-likeness (QED) is 0.469. The van der Waals surface area contributed by atoms with E-state index in [9.17, 15) is 4.79 Å². The number of benzene rings is 2. The van der Waals surface area contributed by atoms with Crippen LogP contribution in [0.25, 0.3) is 11.3 Å². The van der Waals surface area contributed by atoms with Crippen molar-refractivity contribution in [3.63, 3.8) is 0 Å². The van der Waals surface area contributed by atoms with E-state index in [-0.39, 0.29) is 11.7 Å². The Kier molecular flexibility index (Phi) is 5.39. The summed E-state index contributed by atoms with van der Waals surface area (Å²) in [6.45, 7) is 1.02. The van der Waals surface area contributed by atoms with Crippen molar-refractivity contribution in [2.75, 3.05) is 0 Å². The van der Waals surface area contributed by atoms with Crippen LogP contribution in [0, 0.1) is 0 Å². The Morgan fingerprint density at radius 2 is 1.71 bits per heavy atom. The molecule has 0 aliphatic carbocycles. The number of halogens is 1. The summed E-state index contributed by atoms with van der Waals surface area (Å²) < 4.78 is 7.75. The number of aromatic nitrogens is 2. The summed E-state index contributed by atoms with van der Waals surface area (Å²) in [4.78, 5) is 12.3. The van der Waals surface area contributed by atoms with Crippen molar-refractivity contribution in [2.45, 2.75) is 13.1 Å². The van der Waals surface area contributed by atoms with E-state index in [0.29, 0.717) is 17.8 Å². The minimum Gasteiger partial charge on any atom is -0.444 e. The van der Waals surface area contributed by atoms with Gasteiger partial charge >= 0.3 is 0 Å². The molecule has 0 aliphatic rings. The molecule has 0 atom stereocenters. The number of nitrogens with zero attached hydrogens (tertiary/aromatic N) is 2. The van der Waals surface area contributed by atoms with E-state index >= 15 is 0 Å². The molecule has 4 aromatic rings. The molecule has 1 amide bonds. The Hall–Kier alpha value is -3.12.